The van der Waals surface area contributed by atoms with Crippen LogP contribution in [0.3, 0.4) is 0 Å². The summed E-state index contributed by atoms with van der Waals surface area (Å²) in [7, 11) is 1.57. The fraction of sp³-hybridized carbons (Fsp3) is 0.308. The Morgan fingerprint density at radius 3 is 2.53 bits per heavy atom. The lowest BCUT2D eigenvalue weighted by molar-refractivity contribution is -0.118. The highest BCUT2D eigenvalue weighted by molar-refractivity contribution is 6.10. The lowest BCUT2D eigenvalue weighted by atomic mass is 9.68. The maximum absolute atomic E-state index is 14.2. The third-order valence-corrected chi connectivity index (χ3v) is 6.06. The molecule has 0 spiro atoms. The van der Waals surface area contributed by atoms with Gasteiger partial charge in [-0.05, 0) is 37.0 Å². The van der Waals surface area contributed by atoms with Gasteiger partial charge in [-0.15, -0.1) is 0 Å². The molecule has 2 aromatic carbocycles. The smallest absolute Gasteiger partial charge is 0.254 e. The van der Waals surface area contributed by atoms with Crippen molar-refractivity contribution in [3.63, 3.8) is 0 Å². The number of hydrogen-bond acceptors (Lipinski definition) is 4. The van der Waals surface area contributed by atoms with E-state index in [2.05, 4.69) is 24.5 Å². The first-order valence-electron chi connectivity index (χ1n) is 10.6. The molecule has 2 aliphatic rings. The number of dihydropyridines is 1. The number of benzene rings is 2. The second-order valence-electron chi connectivity index (χ2n) is 9.11. The molecule has 0 saturated carbocycles. The topological polar surface area (TPSA) is 67.4 Å². The summed E-state index contributed by atoms with van der Waals surface area (Å²) in [5.74, 6) is -0.999. The van der Waals surface area contributed by atoms with Gasteiger partial charge in [0.15, 0.2) is 5.78 Å². The molecule has 0 radical (unpaired) electrons. The van der Waals surface area contributed by atoms with E-state index in [1.807, 2.05) is 31.2 Å². The Labute approximate surface area is 187 Å². The number of amides is 1. The summed E-state index contributed by atoms with van der Waals surface area (Å²) in [4.78, 5) is 26.8. The molecule has 1 heterocycles. The van der Waals surface area contributed by atoms with Crippen LogP contribution in [0, 0.1) is 11.2 Å². The van der Waals surface area contributed by atoms with E-state index < -0.39 is 17.6 Å². The maximum atomic E-state index is 14.2. The molecule has 0 bridgehead atoms. The van der Waals surface area contributed by atoms with Crippen molar-refractivity contribution in [2.75, 3.05) is 12.4 Å². The van der Waals surface area contributed by atoms with Crippen LogP contribution < -0.4 is 15.4 Å². The monoisotopic (exact) mass is 434 g/mol. The van der Waals surface area contributed by atoms with E-state index in [0.717, 1.165) is 11.3 Å². The minimum atomic E-state index is -0.613. The molecule has 1 aliphatic carbocycles. The van der Waals surface area contributed by atoms with Crippen molar-refractivity contribution in [1.29, 1.82) is 0 Å². The zero-order valence-electron chi connectivity index (χ0n) is 18.7. The van der Waals surface area contributed by atoms with Crippen molar-refractivity contribution in [2.45, 2.75) is 39.5 Å². The molecule has 0 aromatic heterocycles. The van der Waals surface area contributed by atoms with Crippen molar-refractivity contribution in [2.24, 2.45) is 5.41 Å². The molecule has 6 heteroatoms. The number of hydrogen-bond donors (Lipinski definition) is 2. The Morgan fingerprint density at radius 2 is 1.81 bits per heavy atom. The lowest BCUT2D eigenvalue weighted by Crippen LogP contribution is -2.39. The van der Waals surface area contributed by atoms with Gasteiger partial charge in [-0.1, -0.05) is 44.2 Å². The highest BCUT2D eigenvalue weighted by Gasteiger charge is 2.43. The molecule has 1 atom stereocenters. The third-order valence-electron chi connectivity index (χ3n) is 6.06. The summed E-state index contributed by atoms with van der Waals surface area (Å²) in [6.07, 6.45) is 1.08. The van der Waals surface area contributed by atoms with Gasteiger partial charge < -0.3 is 15.4 Å². The van der Waals surface area contributed by atoms with Crippen LogP contribution >= 0.6 is 0 Å². The van der Waals surface area contributed by atoms with Crippen molar-refractivity contribution in [3.8, 4) is 5.75 Å². The molecule has 5 nitrogen and oxygen atoms in total. The van der Waals surface area contributed by atoms with E-state index in [0.29, 0.717) is 35.4 Å². The molecule has 32 heavy (non-hydrogen) atoms. The van der Waals surface area contributed by atoms with Crippen LogP contribution in [0.2, 0.25) is 0 Å². The number of methoxy groups -OCH3 is 1. The van der Waals surface area contributed by atoms with Gasteiger partial charge in [0.2, 0.25) is 0 Å². The van der Waals surface area contributed by atoms with Gasteiger partial charge in [-0.3, -0.25) is 9.59 Å². The van der Waals surface area contributed by atoms with E-state index in [1.54, 1.807) is 19.2 Å². The zero-order valence-corrected chi connectivity index (χ0v) is 18.7. The molecule has 0 fully saturated rings. The zero-order chi connectivity index (χ0) is 23.0. The molecule has 2 aromatic rings. The molecule has 0 unspecified atom stereocenters. The number of para-hydroxylation sites is 2. The van der Waals surface area contributed by atoms with Gasteiger partial charge in [0.05, 0.1) is 18.7 Å². The fourth-order valence-electron chi connectivity index (χ4n) is 4.71. The third kappa shape index (κ3) is 3.93. The molecule has 0 saturated heterocycles. The first kappa shape index (κ1) is 21.8. The number of carbonyl (C=O) groups excluding carboxylic acids is 2. The average Bonchev–Trinajstić information content (AvgIpc) is 2.73. The first-order valence-corrected chi connectivity index (χ1v) is 10.6. The molecule has 1 amide bonds. The predicted molar refractivity (Wildman–Crippen MR) is 122 cm³/mol. The summed E-state index contributed by atoms with van der Waals surface area (Å²) < 4.78 is 19.8. The summed E-state index contributed by atoms with van der Waals surface area (Å²) in [5.41, 5.74) is 3.08. The molecule has 1 aliphatic heterocycles. The van der Waals surface area contributed by atoms with Crippen molar-refractivity contribution in [1.82, 2.24) is 5.32 Å². The normalized spacial score (nSPS) is 19.9. The Kier molecular flexibility index (Phi) is 5.63. The van der Waals surface area contributed by atoms with Crippen LogP contribution in [0.15, 0.2) is 71.1 Å². The summed E-state index contributed by atoms with van der Waals surface area (Å²) in [6, 6.07) is 13.4. The molecule has 4 rings (SSSR count). The van der Waals surface area contributed by atoms with Gasteiger partial charge in [0, 0.05) is 34.5 Å². The van der Waals surface area contributed by atoms with Crippen molar-refractivity contribution < 1.29 is 18.7 Å². The van der Waals surface area contributed by atoms with E-state index in [9.17, 15) is 14.0 Å². The number of Topliss-reactive ketones (excluding diaryl/α,β-unsaturated/α-hetero) is 1. The van der Waals surface area contributed by atoms with E-state index >= 15 is 0 Å². The van der Waals surface area contributed by atoms with Crippen molar-refractivity contribution >= 4 is 17.4 Å². The highest BCUT2D eigenvalue weighted by atomic mass is 19.1. The van der Waals surface area contributed by atoms with Gasteiger partial charge in [-0.25, -0.2) is 4.39 Å². The van der Waals surface area contributed by atoms with Crippen LogP contribution in [0.5, 0.6) is 5.75 Å². The standard InChI is InChI=1S/C26H27FN2O3/c1-15-22(25(31)29-18-11-7-6-10-17(18)27)23(16-9-5-8-12-21(16)32-4)24-19(28-15)13-26(2,3)14-20(24)30/h5-12,23,28H,13-14H2,1-4H3,(H,29,31)/t23-/m0/s1. The summed E-state index contributed by atoms with van der Waals surface area (Å²) >= 11 is 0. The molecular weight excluding hydrogens is 407 g/mol. The number of anilines is 1. The fourth-order valence-corrected chi connectivity index (χ4v) is 4.71. The number of carbonyl (C=O) groups is 2. The average molecular weight is 435 g/mol. The minimum Gasteiger partial charge on any atom is -0.496 e. The minimum absolute atomic E-state index is 0.00310. The van der Waals surface area contributed by atoms with Gasteiger partial charge in [0.1, 0.15) is 11.6 Å². The van der Waals surface area contributed by atoms with Gasteiger partial charge >= 0.3 is 0 Å². The van der Waals surface area contributed by atoms with E-state index in [-0.39, 0.29) is 16.9 Å². The summed E-state index contributed by atoms with van der Waals surface area (Å²) in [5, 5.41) is 6.00. The number of halogens is 1. The molecule has 166 valence electrons. The maximum Gasteiger partial charge on any atom is 0.254 e. The van der Waals surface area contributed by atoms with Crippen LogP contribution in [-0.4, -0.2) is 18.8 Å². The number of nitrogens with one attached hydrogen (secondary N) is 2. The molecular formula is C26H27FN2O3. The second-order valence-corrected chi connectivity index (χ2v) is 9.11. The van der Waals surface area contributed by atoms with Gasteiger partial charge in [-0.2, -0.15) is 0 Å². The first-order chi connectivity index (χ1) is 15.2. The van der Waals surface area contributed by atoms with E-state index in [1.165, 1.54) is 12.1 Å². The second kappa shape index (κ2) is 8.26. The highest BCUT2D eigenvalue weighted by Crippen LogP contribution is 2.48. The van der Waals surface area contributed by atoms with Gasteiger partial charge in [0.25, 0.3) is 5.91 Å². The van der Waals surface area contributed by atoms with Crippen LogP contribution in [0.4, 0.5) is 10.1 Å². The molecule has 2 N–H and O–H groups in total. The summed E-state index contributed by atoms with van der Waals surface area (Å²) in [6.45, 7) is 5.94. The Balaban J connectivity index is 1.86. The Hall–Kier alpha value is -3.41. The van der Waals surface area contributed by atoms with Crippen LogP contribution in [0.1, 0.15) is 45.1 Å². The largest absolute Gasteiger partial charge is 0.496 e. The van der Waals surface area contributed by atoms with Crippen LogP contribution in [0.25, 0.3) is 0 Å². The quantitative estimate of drug-likeness (QED) is 0.705. The number of ether oxygens (including phenoxy) is 1. The number of rotatable bonds is 4. The predicted octanol–water partition coefficient (Wildman–Crippen LogP) is 5.08. The van der Waals surface area contributed by atoms with Crippen LogP contribution in [-0.2, 0) is 9.59 Å². The Bertz CT molecular complexity index is 1160. The number of ketones is 1. The number of allylic oxidation sites excluding steroid dienone is 3. The van der Waals surface area contributed by atoms with Crippen molar-refractivity contribution in [3.05, 3.63) is 82.5 Å². The SMILES string of the molecule is COc1ccccc1[C@H]1C(C(=O)Nc2ccccc2F)=C(C)NC2=C1C(=O)CC(C)(C)C2. The Morgan fingerprint density at radius 1 is 1.12 bits per heavy atom. The van der Waals surface area contributed by atoms with E-state index in [4.69, 9.17) is 4.74 Å². The lowest BCUT2D eigenvalue weighted by Gasteiger charge is -2.40.